The highest BCUT2D eigenvalue weighted by Gasteiger charge is 1.97. The lowest BCUT2D eigenvalue weighted by molar-refractivity contribution is 0.477. The number of nitrogens with one attached hydrogen (secondary N) is 1. The number of benzene rings is 1. The molecule has 0 fully saturated rings. The third-order valence-corrected chi connectivity index (χ3v) is 1.74. The lowest BCUT2D eigenvalue weighted by Gasteiger charge is -2.04. The fourth-order valence-electron chi connectivity index (χ4n) is 1.00. The Morgan fingerprint density at radius 1 is 1.45 bits per heavy atom. The zero-order valence-electron chi connectivity index (χ0n) is 6.89. The van der Waals surface area contributed by atoms with Crippen LogP contribution in [0, 0.1) is 0 Å². The van der Waals surface area contributed by atoms with E-state index in [0.29, 0.717) is 5.75 Å². The number of anilines is 1. The van der Waals surface area contributed by atoms with Crippen molar-refractivity contribution >= 4 is 5.69 Å². The number of phenols is 1. The molecule has 0 amide bonds. The quantitative estimate of drug-likeness (QED) is 0.633. The first-order chi connectivity index (χ1) is 5.27. The molecule has 1 aromatic rings. The maximum absolute atomic E-state index is 9.27. The maximum Gasteiger partial charge on any atom is 0.138 e. The van der Waals surface area contributed by atoms with Gasteiger partial charge in [0.05, 0.1) is 5.69 Å². The Morgan fingerprint density at radius 3 is 2.73 bits per heavy atom. The van der Waals surface area contributed by atoms with E-state index in [4.69, 9.17) is 0 Å². The average Bonchev–Trinajstić information content (AvgIpc) is 2.05. The van der Waals surface area contributed by atoms with Gasteiger partial charge in [-0.2, -0.15) is 0 Å². The van der Waals surface area contributed by atoms with Crippen molar-refractivity contribution in [2.24, 2.45) is 0 Å². The Bertz CT molecular complexity index is 245. The molecule has 0 aliphatic heterocycles. The largest absolute Gasteiger partial charge is 0.506 e. The van der Waals surface area contributed by atoms with Crippen LogP contribution in [0.25, 0.3) is 0 Å². The van der Waals surface area contributed by atoms with Crippen LogP contribution in [0.4, 0.5) is 5.69 Å². The van der Waals surface area contributed by atoms with Crippen molar-refractivity contribution in [2.75, 3.05) is 12.4 Å². The molecule has 2 N–H and O–H groups in total. The summed E-state index contributed by atoms with van der Waals surface area (Å²) in [7, 11) is 1.80. The summed E-state index contributed by atoms with van der Waals surface area (Å²) in [6, 6.07) is 5.59. The normalized spacial score (nSPS) is 9.64. The number of hydrogen-bond acceptors (Lipinski definition) is 2. The van der Waals surface area contributed by atoms with Gasteiger partial charge in [0.25, 0.3) is 0 Å². The number of aryl methyl sites for hydroxylation is 1. The van der Waals surface area contributed by atoms with Gasteiger partial charge in [-0.3, -0.25) is 0 Å². The SMILES string of the molecule is CCc1ccc(O)c(NC)c1. The molecular weight excluding hydrogens is 138 g/mol. The van der Waals surface area contributed by atoms with Gasteiger partial charge in [-0.05, 0) is 24.1 Å². The van der Waals surface area contributed by atoms with Crippen LogP contribution >= 0.6 is 0 Å². The minimum Gasteiger partial charge on any atom is -0.506 e. The first-order valence-corrected chi connectivity index (χ1v) is 3.77. The fraction of sp³-hybridized carbons (Fsp3) is 0.333. The van der Waals surface area contributed by atoms with Crippen molar-refractivity contribution in [3.8, 4) is 5.75 Å². The van der Waals surface area contributed by atoms with Crippen LogP contribution in [0.5, 0.6) is 5.75 Å². The summed E-state index contributed by atoms with van der Waals surface area (Å²) in [5.74, 6) is 0.310. The van der Waals surface area contributed by atoms with Crippen LogP contribution in [0.15, 0.2) is 18.2 Å². The summed E-state index contributed by atoms with van der Waals surface area (Å²) in [6.45, 7) is 2.09. The van der Waals surface area contributed by atoms with E-state index >= 15 is 0 Å². The molecule has 0 saturated heterocycles. The van der Waals surface area contributed by atoms with Crippen LogP contribution in [0.3, 0.4) is 0 Å². The molecule has 0 unspecified atom stereocenters. The van der Waals surface area contributed by atoms with E-state index in [9.17, 15) is 5.11 Å². The van der Waals surface area contributed by atoms with Gasteiger partial charge in [0.1, 0.15) is 5.75 Å². The van der Waals surface area contributed by atoms with Crippen molar-refractivity contribution in [1.29, 1.82) is 0 Å². The highest BCUT2D eigenvalue weighted by molar-refractivity contribution is 5.56. The topological polar surface area (TPSA) is 32.3 Å². The Balaban J connectivity index is 3.02. The molecule has 0 radical (unpaired) electrons. The molecule has 1 aromatic carbocycles. The van der Waals surface area contributed by atoms with Crippen LogP contribution < -0.4 is 5.32 Å². The molecule has 0 saturated carbocycles. The summed E-state index contributed by atoms with van der Waals surface area (Å²) in [4.78, 5) is 0. The second-order valence-corrected chi connectivity index (χ2v) is 2.46. The second-order valence-electron chi connectivity index (χ2n) is 2.46. The lowest BCUT2D eigenvalue weighted by Crippen LogP contribution is -1.90. The molecule has 0 atom stereocenters. The van der Waals surface area contributed by atoms with Crippen molar-refractivity contribution in [3.05, 3.63) is 23.8 Å². The van der Waals surface area contributed by atoms with Crippen molar-refractivity contribution < 1.29 is 5.11 Å². The van der Waals surface area contributed by atoms with Crippen molar-refractivity contribution in [1.82, 2.24) is 0 Å². The van der Waals surface area contributed by atoms with E-state index in [1.807, 2.05) is 12.1 Å². The monoisotopic (exact) mass is 151 g/mol. The van der Waals surface area contributed by atoms with Gasteiger partial charge < -0.3 is 10.4 Å². The highest BCUT2D eigenvalue weighted by Crippen LogP contribution is 2.23. The van der Waals surface area contributed by atoms with E-state index in [0.717, 1.165) is 12.1 Å². The van der Waals surface area contributed by atoms with Crippen LogP contribution in [-0.4, -0.2) is 12.2 Å². The number of phenolic OH excluding ortho intramolecular Hbond substituents is 1. The van der Waals surface area contributed by atoms with E-state index < -0.39 is 0 Å². The average molecular weight is 151 g/mol. The third kappa shape index (κ3) is 1.64. The van der Waals surface area contributed by atoms with Crippen LogP contribution in [-0.2, 0) is 6.42 Å². The van der Waals surface area contributed by atoms with E-state index in [1.165, 1.54) is 5.56 Å². The van der Waals surface area contributed by atoms with Gasteiger partial charge in [-0.25, -0.2) is 0 Å². The predicted molar refractivity (Wildman–Crippen MR) is 47.0 cm³/mol. The Kier molecular flexibility index (Phi) is 2.36. The van der Waals surface area contributed by atoms with Gasteiger partial charge in [0.2, 0.25) is 0 Å². The van der Waals surface area contributed by atoms with Gasteiger partial charge >= 0.3 is 0 Å². The van der Waals surface area contributed by atoms with Gasteiger partial charge in [-0.1, -0.05) is 13.0 Å². The molecule has 11 heavy (non-hydrogen) atoms. The minimum absolute atomic E-state index is 0.310. The minimum atomic E-state index is 0.310. The molecule has 2 nitrogen and oxygen atoms in total. The summed E-state index contributed by atoms with van der Waals surface area (Å²) in [6.07, 6.45) is 0.995. The molecular formula is C9H13NO. The lowest BCUT2D eigenvalue weighted by atomic mass is 10.1. The Hall–Kier alpha value is -1.18. The fourth-order valence-corrected chi connectivity index (χ4v) is 1.00. The van der Waals surface area contributed by atoms with Gasteiger partial charge in [-0.15, -0.1) is 0 Å². The zero-order chi connectivity index (χ0) is 8.27. The second kappa shape index (κ2) is 3.28. The molecule has 60 valence electrons. The summed E-state index contributed by atoms with van der Waals surface area (Å²) in [5.41, 5.74) is 2.02. The van der Waals surface area contributed by atoms with E-state index in [1.54, 1.807) is 13.1 Å². The van der Waals surface area contributed by atoms with E-state index in [-0.39, 0.29) is 0 Å². The summed E-state index contributed by atoms with van der Waals surface area (Å²) in [5, 5.41) is 12.2. The van der Waals surface area contributed by atoms with Crippen molar-refractivity contribution in [2.45, 2.75) is 13.3 Å². The van der Waals surface area contributed by atoms with Crippen LogP contribution in [0.1, 0.15) is 12.5 Å². The third-order valence-electron chi connectivity index (χ3n) is 1.74. The van der Waals surface area contributed by atoms with Crippen LogP contribution in [0.2, 0.25) is 0 Å². The van der Waals surface area contributed by atoms with Gasteiger partial charge in [0, 0.05) is 7.05 Å². The van der Waals surface area contributed by atoms with Crippen molar-refractivity contribution in [3.63, 3.8) is 0 Å². The number of aromatic hydroxyl groups is 1. The first kappa shape index (κ1) is 7.92. The summed E-state index contributed by atoms with van der Waals surface area (Å²) >= 11 is 0. The molecule has 0 spiro atoms. The standard InChI is InChI=1S/C9H13NO/c1-3-7-4-5-9(11)8(6-7)10-2/h4-6,10-11H,3H2,1-2H3. The molecule has 0 aliphatic rings. The molecule has 0 heterocycles. The molecule has 0 bridgehead atoms. The molecule has 1 rings (SSSR count). The first-order valence-electron chi connectivity index (χ1n) is 3.77. The predicted octanol–water partition coefficient (Wildman–Crippen LogP) is 2.00. The number of hydrogen-bond donors (Lipinski definition) is 2. The van der Waals surface area contributed by atoms with E-state index in [2.05, 4.69) is 12.2 Å². The Labute approximate surface area is 66.9 Å². The number of rotatable bonds is 2. The Morgan fingerprint density at radius 2 is 2.18 bits per heavy atom. The summed E-state index contributed by atoms with van der Waals surface area (Å²) < 4.78 is 0. The zero-order valence-corrected chi connectivity index (χ0v) is 6.89. The highest BCUT2D eigenvalue weighted by atomic mass is 16.3. The molecule has 0 aromatic heterocycles. The smallest absolute Gasteiger partial charge is 0.138 e. The maximum atomic E-state index is 9.27. The van der Waals surface area contributed by atoms with Gasteiger partial charge in [0.15, 0.2) is 0 Å². The molecule has 2 heteroatoms. The molecule has 0 aliphatic carbocycles.